The number of hydrogen-bond acceptors (Lipinski definition) is 2. The lowest BCUT2D eigenvalue weighted by Gasteiger charge is -2.00. The Morgan fingerprint density at radius 2 is 2.36 bits per heavy atom. The summed E-state index contributed by atoms with van der Waals surface area (Å²) >= 11 is 1.67. The average Bonchev–Trinajstić information content (AvgIpc) is 2.27. The molecule has 1 nitrogen and oxygen atoms in total. The SMILES string of the molecule is CN1Cc2cc(F)ccc2S1. The first-order valence-electron chi connectivity index (χ1n) is 3.43. The van der Waals surface area contributed by atoms with E-state index < -0.39 is 0 Å². The smallest absolute Gasteiger partial charge is 0.123 e. The number of rotatable bonds is 0. The quantitative estimate of drug-likeness (QED) is 0.548. The highest BCUT2D eigenvalue weighted by Gasteiger charge is 2.16. The molecule has 0 N–H and O–H groups in total. The van der Waals surface area contributed by atoms with Crippen molar-refractivity contribution in [2.45, 2.75) is 11.4 Å². The van der Waals surface area contributed by atoms with Gasteiger partial charge in [-0.1, -0.05) is 0 Å². The second-order valence-electron chi connectivity index (χ2n) is 2.63. The van der Waals surface area contributed by atoms with Crippen LogP contribution in [0.2, 0.25) is 0 Å². The number of halogens is 1. The van der Waals surface area contributed by atoms with E-state index in [2.05, 4.69) is 4.31 Å². The zero-order valence-corrected chi connectivity index (χ0v) is 6.99. The van der Waals surface area contributed by atoms with Gasteiger partial charge in [-0.2, -0.15) is 0 Å². The van der Waals surface area contributed by atoms with Gasteiger partial charge in [0.2, 0.25) is 0 Å². The summed E-state index contributed by atoms with van der Waals surface area (Å²) in [6, 6.07) is 4.94. The van der Waals surface area contributed by atoms with Gasteiger partial charge in [-0.25, -0.2) is 8.70 Å². The Morgan fingerprint density at radius 3 is 3.18 bits per heavy atom. The van der Waals surface area contributed by atoms with E-state index in [0.717, 1.165) is 12.1 Å². The van der Waals surface area contributed by atoms with Gasteiger partial charge in [0.15, 0.2) is 0 Å². The first-order chi connectivity index (χ1) is 5.25. The molecular weight excluding hydrogens is 161 g/mol. The lowest BCUT2D eigenvalue weighted by atomic mass is 10.2. The molecule has 0 fully saturated rings. The van der Waals surface area contributed by atoms with Gasteiger partial charge >= 0.3 is 0 Å². The van der Waals surface area contributed by atoms with Gasteiger partial charge in [-0.15, -0.1) is 0 Å². The molecule has 0 saturated heterocycles. The zero-order chi connectivity index (χ0) is 7.84. The first kappa shape index (κ1) is 7.13. The predicted molar refractivity (Wildman–Crippen MR) is 43.7 cm³/mol. The maximum absolute atomic E-state index is 12.7. The third-order valence-electron chi connectivity index (χ3n) is 1.67. The zero-order valence-electron chi connectivity index (χ0n) is 6.17. The molecule has 0 atom stereocenters. The van der Waals surface area contributed by atoms with E-state index in [-0.39, 0.29) is 5.82 Å². The van der Waals surface area contributed by atoms with Crippen LogP contribution in [0.1, 0.15) is 5.56 Å². The first-order valence-corrected chi connectivity index (χ1v) is 4.20. The van der Waals surface area contributed by atoms with Crippen molar-refractivity contribution in [1.29, 1.82) is 0 Å². The van der Waals surface area contributed by atoms with E-state index in [0.29, 0.717) is 0 Å². The minimum Gasteiger partial charge on any atom is -0.245 e. The molecule has 0 spiro atoms. The summed E-state index contributed by atoms with van der Waals surface area (Å²) < 4.78 is 14.7. The number of hydrogen-bond donors (Lipinski definition) is 0. The van der Waals surface area contributed by atoms with Crippen LogP contribution in [-0.4, -0.2) is 11.4 Å². The van der Waals surface area contributed by atoms with Crippen LogP contribution >= 0.6 is 11.9 Å². The van der Waals surface area contributed by atoms with Crippen molar-refractivity contribution in [3.05, 3.63) is 29.6 Å². The Morgan fingerprint density at radius 1 is 1.55 bits per heavy atom. The summed E-state index contributed by atoms with van der Waals surface area (Å²) in [4.78, 5) is 1.17. The van der Waals surface area contributed by atoms with Gasteiger partial charge in [0.05, 0.1) is 0 Å². The Hall–Kier alpha value is -0.540. The molecule has 3 heteroatoms. The minimum atomic E-state index is -0.139. The molecule has 2 rings (SSSR count). The summed E-state index contributed by atoms with van der Waals surface area (Å²) in [5.74, 6) is -0.139. The van der Waals surface area contributed by atoms with Crippen molar-refractivity contribution in [2.24, 2.45) is 0 Å². The molecule has 0 aliphatic carbocycles. The topological polar surface area (TPSA) is 3.24 Å². The molecule has 0 radical (unpaired) electrons. The third-order valence-corrected chi connectivity index (χ3v) is 2.71. The van der Waals surface area contributed by atoms with E-state index in [9.17, 15) is 4.39 Å². The minimum absolute atomic E-state index is 0.139. The van der Waals surface area contributed by atoms with Gasteiger partial charge in [0.1, 0.15) is 5.82 Å². The van der Waals surface area contributed by atoms with Crippen LogP contribution < -0.4 is 0 Å². The van der Waals surface area contributed by atoms with Crippen molar-refractivity contribution in [3.8, 4) is 0 Å². The fourth-order valence-electron chi connectivity index (χ4n) is 1.20. The monoisotopic (exact) mass is 169 g/mol. The molecule has 1 aromatic rings. The molecule has 0 unspecified atom stereocenters. The van der Waals surface area contributed by atoms with Crippen LogP contribution in [0.15, 0.2) is 23.1 Å². The molecule has 1 aliphatic rings. The summed E-state index contributed by atoms with van der Waals surface area (Å²) in [7, 11) is 2.00. The highest BCUT2D eigenvalue weighted by atomic mass is 32.2. The fourth-order valence-corrected chi connectivity index (χ4v) is 2.11. The highest BCUT2D eigenvalue weighted by molar-refractivity contribution is 7.97. The molecular formula is C8H8FNS. The normalized spacial score (nSPS) is 16.9. The van der Waals surface area contributed by atoms with Gasteiger partial charge < -0.3 is 0 Å². The molecule has 0 bridgehead atoms. The Kier molecular flexibility index (Phi) is 1.62. The standard InChI is InChI=1S/C8H8FNS/c1-10-5-6-4-7(9)2-3-8(6)11-10/h2-4H,5H2,1H3. The van der Waals surface area contributed by atoms with Crippen LogP contribution in [0.25, 0.3) is 0 Å². The predicted octanol–water partition coefficient (Wildman–Crippen LogP) is 2.28. The second kappa shape index (κ2) is 2.50. The van der Waals surface area contributed by atoms with Gasteiger partial charge in [-0.3, -0.25) is 0 Å². The van der Waals surface area contributed by atoms with Gasteiger partial charge in [0, 0.05) is 11.4 Å². The number of nitrogens with zero attached hydrogens (tertiary/aromatic N) is 1. The molecule has 1 heterocycles. The molecule has 1 aromatic carbocycles. The third kappa shape index (κ3) is 1.26. The van der Waals surface area contributed by atoms with Crippen LogP contribution in [0.3, 0.4) is 0 Å². The summed E-state index contributed by atoms with van der Waals surface area (Å²) in [6.45, 7) is 0.845. The van der Waals surface area contributed by atoms with Crippen molar-refractivity contribution in [2.75, 3.05) is 7.05 Å². The Bertz CT molecular complexity index is 287. The van der Waals surface area contributed by atoms with Crippen molar-refractivity contribution in [3.63, 3.8) is 0 Å². The van der Waals surface area contributed by atoms with Crippen molar-refractivity contribution in [1.82, 2.24) is 4.31 Å². The van der Waals surface area contributed by atoms with Gasteiger partial charge in [0.25, 0.3) is 0 Å². The number of benzene rings is 1. The Labute approximate surface area is 69.3 Å². The average molecular weight is 169 g/mol. The second-order valence-corrected chi connectivity index (χ2v) is 3.88. The lowest BCUT2D eigenvalue weighted by Crippen LogP contribution is -1.99. The van der Waals surface area contributed by atoms with Crippen molar-refractivity contribution >= 4 is 11.9 Å². The van der Waals surface area contributed by atoms with E-state index in [4.69, 9.17) is 0 Å². The summed E-state index contributed by atoms with van der Waals surface area (Å²) in [5, 5.41) is 0. The lowest BCUT2D eigenvalue weighted by molar-refractivity contribution is 0.574. The maximum atomic E-state index is 12.7. The molecule has 0 aromatic heterocycles. The van der Waals surface area contributed by atoms with Gasteiger partial charge in [-0.05, 0) is 42.8 Å². The van der Waals surface area contributed by atoms with E-state index in [1.165, 1.54) is 11.0 Å². The fraction of sp³-hybridized carbons (Fsp3) is 0.250. The van der Waals surface area contributed by atoms with Crippen LogP contribution in [0.4, 0.5) is 4.39 Å². The molecule has 11 heavy (non-hydrogen) atoms. The largest absolute Gasteiger partial charge is 0.245 e. The van der Waals surface area contributed by atoms with E-state index >= 15 is 0 Å². The van der Waals surface area contributed by atoms with E-state index in [1.54, 1.807) is 18.0 Å². The summed E-state index contributed by atoms with van der Waals surface area (Å²) in [5.41, 5.74) is 1.09. The maximum Gasteiger partial charge on any atom is 0.123 e. The number of fused-ring (bicyclic) bond motifs is 1. The summed E-state index contributed by atoms with van der Waals surface area (Å²) in [6.07, 6.45) is 0. The highest BCUT2D eigenvalue weighted by Crippen LogP contribution is 2.34. The molecule has 1 aliphatic heterocycles. The molecule has 0 saturated carbocycles. The molecule has 0 amide bonds. The van der Waals surface area contributed by atoms with Crippen molar-refractivity contribution < 1.29 is 4.39 Å². The van der Waals surface area contributed by atoms with Crippen LogP contribution in [0.5, 0.6) is 0 Å². The van der Waals surface area contributed by atoms with Crippen LogP contribution in [-0.2, 0) is 6.54 Å². The van der Waals surface area contributed by atoms with E-state index in [1.807, 2.05) is 13.1 Å². The Balaban J connectivity index is 2.43. The van der Waals surface area contributed by atoms with Crippen LogP contribution in [0, 0.1) is 5.82 Å². The molecule has 58 valence electrons.